The molecule has 0 aliphatic carbocycles. The molecule has 3 nitrogen and oxygen atoms in total. The Morgan fingerprint density at radius 2 is 1.83 bits per heavy atom. The predicted molar refractivity (Wildman–Crippen MR) is 99.1 cm³/mol. The third kappa shape index (κ3) is 12.3. The molecule has 1 N–H and O–H groups in total. The number of aliphatic hydroxyl groups excluding tert-OH is 1. The van der Waals surface area contributed by atoms with Crippen molar-refractivity contribution in [2.45, 2.75) is 96.5 Å². The summed E-state index contributed by atoms with van der Waals surface area (Å²) >= 11 is 0. The Morgan fingerprint density at radius 3 is 2.61 bits per heavy atom. The van der Waals surface area contributed by atoms with E-state index in [1.165, 1.54) is 57.8 Å². The molecular formula is C20H37NO2. The lowest BCUT2D eigenvalue weighted by Gasteiger charge is -2.07. The van der Waals surface area contributed by atoms with E-state index in [4.69, 9.17) is 4.74 Å². The minimum Gasteiger partial charge on any atom is -0.479 e. The van der Waals surface area contributed by atoms with E-state index in [1.54, 1.807) is 0 Å². The minimum atomic E-state index is -0.135. The van der Waals surface area contributed by atoms with E-state index < -0.39 is 0 Å². The summed E-state index contributed by atoms with van der Waals surface area (Å²) < 4.78 is 5.40. The van der Waals surface area contributed by atoms with E-state index in [1.807, 2.05) is 0 Å². The van der Waals surface area contributed by atoms with Gasteiger partial charge in [0.25, 0.3) is 0 Å². The lowest BCUT2D eigenvalue weighted by Crippen LogP contribution is -2.04. The molecule has 1 rings (SSSR count). The number of nitrogens with zero attached hydrogens (tertiary/aromatic N) is 1. The first-order valence-corrected chi connectivity index (χ1v) is 9.82. The average Bonchev–Trinajstić information content (AvgIpc) is 3.06. The largest absolute Gasteiger partial charge is 0.479 e. The summed E-state index contributed by atoms with van der Waals surface area (Å²) in [6.07, 6.45) is 19.6. The van der Waals surface area contributed by atoms with Crippen LogP contribution in [-0.4, -0.2) is 30.3 Å². The number of aliphatic imine (C=N–C) groups is 1. The van der Waals surface area contributed by atoms with Crippen molar-refractivity contribution < 1.29 is 9.84 Å². The van der Waals surface area contributed by atoms with Crippen LogP contribution in [0.15, 0.2) is 17.1 Å². The van der Waals surface area contributed by atoms with Gasteiger partial charge in [0.2, 0.25) is 0 Å². The number of aliphatic hydroxyl groups is 1. The Morgan fingerprint density at radius 1 is 1.04 bits per heavy atom. The summed E-state index contributed by atoms with van der Waals surface area (Å²) in [7, 11) is 0. The fraction of sp³-hybridized carbons (Fsp3) is 0.850. The van der Waals surface area contributed by atoms with Crippen molar-refractivity contribution in [3.8, 4) is 0 Å². The molecule has 0 bridgehead atoms. The Bertz CT molecular complexity index is 326. The van der Waals surface area contributed by atoms with Crippen LogP contribution in [0.2, 0.25) is 0 Å². The summed E-state index contributed by atoms with van der Waals surface area (Å²) in [6, 6.07) is 0. The molecule has 23 heavy (non-hydrogen) atoms. The molecule has 1 heterocycles. The maximum absolute atomic E-state index is 9.87. The second-order valence-electron chi connectivity index (χ2n) is 6.64. The molecule has 0 radical (unpaired) electrons. The molecule has 1 aliphatic rings. The fourth-order valence-corrected chi connectivity index (χ4v) is 2.90. The summed E-state index contributed by atoms with van der Waals surface area (Å²) in [5, 5.41) is 9.87. The Kier molecular flexibility index (Phi) is 13.0. The molecule has 1 unspecified atom stereocenters. The number of allylic oxidation sites excluding steroid dienone is 1. The fourth-order valence-electron chi connectivity index (χ4n) is 2.90. The van der Waals surface area contributed by atoms with Crippen LogP contribution in [0.4, 0.5) is 0 Å². The first-order valence-electron chi connectivity index (χ1n) is 9.82. The van der Waals surface area contributed by atoms with Crippen molar-refractivity contribution in [2.24, 2.45) is 4.99 Å². The maximum atomic E-state index is 9.87. The van der Waals surface area contributed by atoms with Crippen molar-refractivity contribution in [1.82, 2.24) is 0 Å². The van der Waals surface area contributed by atoms with E-state index in [-0.39, 0.29) is 6.10 Å². The van der Waals surface area contributed by atoms with Gasteiger partial charge in [0, 0.05) is 6.42 Å². The van der Waals surface area contributed by atoms with Crippen molar-refractivity contribution >= 4 is 5.90 Å². The van der Waals surface area contributed by atoms with Crippen molar-refractivity contribution in [1.29, 1.82) is 0 Å². The molecule has 134 valence electrons. The second kappa shape index (κ2) is 14.7. The van der Waals surface area contributed by atoms with Gasteiger partial charge in [-0.2, -0.15) is 0 Å². The van der Waals surface area contributed by atoms with Gasteiger partial charge in [-0.15, -0.1) is 0 Å². The number of hydrogen-bond donors (Lipinski definition) is 1. The van der Waals surface area contributed by atoms with Crippen LogP contribution in [0, 0.1) is 0 Å². The first-order chi connectivity index (χ1) is 11.3. The summed E-state index contributed by atoms with van der Waals surface area (Å²) in [5.74, 6) is 0.973. The number of hydrogen-bond acceptors (Lipinski definition) is 3. The van der Waals surface area contributed by atoms with Crippen LogP contribution >= 0.6 is 0 Å². The Hall–Kier alpha value is -0.830. The van der Waals surface area contributed by atoms with E-state index in [2.05, 4.69) is 24.1 Å². The highest BCUT2D eigenvalue weighted by Crippen LogP contribution is 2.11. The molecular weight excluding hydrogens is 286 g/mol. The molecule has 0 saturated carbocycles. The normalized spacial score (nSPS) is 15.8. The molecule has 0 saturated heterocycles. The first kappa shape index (κ1) is 20.2. The summed E-state index contributed by atoms with van der Waals surface area (Å²) in [6.45, 7) is 3.86. The monoisotopic (exact) mass is 323 g/mol. The molecule has 0 fully saturated rings. The van der Waals surface area contributed by atoms with Gasteiger partial charge in [-0.1, -0.05) is 64.0 Å². The molecule has 1 atom stereocenters. The van der Waals surface area contributed by atoms with Crippen LogP contribution in [0.3, 0.4) is 0 Å². The number of ether oxygens (including phenoxy) is 1. The van der Waals surface area contributed by atoms with Crippen molar-refractivity contribution in [3.63, 3.8) is 0 Å². The standard InChI is InChI=1S/C20H37NO2/c1-2-3-4-11-14-19(22)15-12-9-7-5-6-8-10-13-16-20-21-17-18-23-20/h9,12,19,22H,2-8,10-11,13-18H2,1H3/b12-9+. The van der Waals surface area contributed by atoms with Gasteiger partial charge in [-0.25, -0.2) is 0 Å². The minimum absolute atomic E-state index is 0.135. The quantitative estimate of drug-likeness (QED) is 0.323. The number of unbranched alkanes of at least 4 members (excludes halogenated alkanes) is 8. The van der Waals surface area contributed by atoms with E-state index in [9.17, 15) is 5.11 Å². The second-order valence-corrected chi connectivity index (χ2v) is 6.64. The van der Waals surface area contributed by atoms with Crippen LogP contribution in [0.25, 0.3) is 0 Å². The zero-order chi connectivity index (χ0) is 16.6. The van der Waals surface area contributed by atoms with Gasteiger partial charge in [0.1, 0.15) is 6.61 Å². The van der Waals surface area contributed by atoms with E-state index in [0.717, 1.165) is 44.7 Å². The molecule has 0 aromatic rings. The van der Waals surface area contributed by atoms with E-state index in [0.29, 0.717) is 0 Å². The molecule has 1 aliphatic heterocycles. The highest BCUT2D eigenvalue weighted by Gasteiger charge is 2.05. The van der Waals surface area contributed by atoms with Crippen LogP contribution < -0.4 is 0 Å². The molecule has 0 amide bonds. The summed E-state index contributed by atoms with van der Waals surface area (Å²) in [5.41, 5.74) is 0. The molecule has 0 spiro atoms. The van der Waals surface area contributed by atoms with Crippen molar-refractivity contribution in [3.05, 3.63) is 12.2 Å². The Labute approximate surface area is 143 Å². The van der Waals surface area contributed by atoms with Gasteiger partial charge in [0.15, 0.2) is 5.90 Å². The molecule has 0 aromatic heterocycles. The van der Waals surface area contributed by atoms with Crippen molar-refractivity contribution in [2.75, 3.05) is 13.2 Å². The third-order valence-electron chi connectivity index (χ3n) is 4.38. The summed E-state index contributed by atoms with van der Waals surface area (Å²) in [4.78, 5) is 4.31. The van der Waals surface area contributed by atoms with E-state index >= 15 is 0 Å². The average molecular weight is 324 g/mol. The number of rotatable bonds is 15. The lowest BCUT2D eigenvalue weighted by atomic mass is 10.1. The van der Waals surface area contributed by atoms with Gasteiger partial charge < -0.3 is 9.84 Å². The zero-order valence-electron chi connectivity index (χ0n) is 15.1. The zero-order valence-corrected chi connectivity index (χ0v) is 15.1. The highest BCUT2D eigenvalue weighted by molar-refractivity contribution is 5.77. The highest BCUT2D eigenvalue weighted by atomic mass is 16.5. The van der Waals surface area contributed by atoms with Crippen LogP contribution in [-0.2, 0) is 4.74 Å². The SMILES string of the molecule is CCCCCCC(O)C/C=C/CCCCCCCC1=NCCO1. The van der Waals surface area contributed by atoms with Gasteiger partial charge in [0.05, 0.1) is 12.6 Å². The van der Waals surface area contributed by atoms with Gasteiger partial charge in [-0.3, -0.25) is 4.99 Å². The topological polar surface area (TPSA) is 41.8 Å². The lowest BCUT2D eigenvalue weighted by molar-refractivity contribution is 0.163. The van der Waals surface area contributed by atoms with Crippen LogP contribution in [0.1, 0.15) is 90.4 Å². The van der Waals surface area contributed by atoms with Gasteiger partial charge >= 0.3 is 0 Å². The molecule has 3 heteroatoms. The third-order valence-corrected chi connectivity index (χ3v) is 4.38. The molecule has 0 aromatic carbocycles. The van der Waals surface area contributed by atoms with Crippen LogP contribution in [0.5, 0.6) is 0 Å². The van der Waals surface area contributed by atoms with Gasteiger partial charge in [-0.05, 0) is 32.1 Å². The predicted octanol–water partition coefficient (Wildman–Crippen LogP) is 5.42. The smallest absolute Gasteiger partial charge is 0.183 e. The maximum Gasteiger partial charge on any atom is 0.183 e. The Balaban J connectivity index is 1.80.